The number of ether oxygens (including phenoxy) is 1. The van der Waals surface area contributed by atoms with Gasteiger partial charge in [-0.1, -0.05) is 50.9 Å². The second kappa shape index (κ2) is 10.5. The van der Waals surface area contributed by atoms with Crippen LogP contribution in [0.4, 0.5) is 8.78 Å². The summed E-state index contributed by atoms with van der Waals surface area (Å²) in [6, 6.07) is 11.1. The smallest absolute Gasteiger partial charge is 0.160 e. The molecule has 132 valence electrons. The maximum Gasteiger partial charge on any atom is 0.160 e. The first-order valence-corrected chi connectivity index (χ1v) is 8.89. The van der Waals surface area contributed by atoms with Gasteiger partial charge in [-0.3, -0.25) is 0 Å². The van der Waals surface area contributed by atoms with Crippen molar-refractivity contribution in [2.45, 2.75) is 45.4 Å². The molecule has 0 spiro atoms. The van der Waals surface area contributed by atoms with Crippen LogP contribution in [-0.4, -0.2) is 6.61 Å². The zero-order valence-corrected chi connectivity index (χ0v) is 14.7. The summed E-state index contributed by atoms with van der Waals surface area (Å²) in [5.74, 6) is 4.84. The molecule has 3 heteroatoms. The maximum absolute atomic E-state index is 13.1. The van der Waals surface area contributed by atoms with Gasteiger partial charge in [0.25, 0.3) is 0 Å². The Hall–Kier alpha value is -2.34. The Labute approximate surface area is 149 Å². The zero-order valence-electron chi connectivity index (χ0n) is 14.7. The predicted molar refractivity (Wildman–Crippen MR) is 97.7 cm³/mol. The minimum Gasteiger partial charge on any atom is -0.494 e. The molecule has 0 amide bonds. The topological polar surface area (TPSA) is 9.23 Å². The SMILES string of the molecule is CCCCCCCCOc1ccc(C#Cc2ccc(F)c(F)c2)cc1. The summed E-state index contributed by atoms with van der Waals surface area (Å²) in [5, 5.41) is 0. The Morgan fingerprint density at radius 2 is 1.40 bits per heavy atom. The van der Waals surface area contributed by atoms with Gasteiger partial charge in [-0.2, -0.15) is 0 Å². The van der Waals surface area contributed by atoms with Gasteiger partial charge in [-0.05, 0) is 48.9 Å². The van der Waals surface area contributed by atoms with Crippen LogP contribution in [0.2, 0.25) is 0 Å². The predicted octanol–water partition coefficient (Wildman–Crippen LogP) is 6.10. The highest BCUT2D eigenvalue weighted by Crippen LogP contribution is 2.13. The molecule has 0 saturated carbocycles. The van der Waals surface area contributed by atoms with Gasteiger partial charge in [-0.25, -0.2) is 8.78 Å². The number of benzene rings is 2. The molecule has 2 rings (SSSR count). The van der Waals surface area contributed by atoms with Gasteiger partial charge in [0, 0.05) is 11.1 Å². The van der Waals surface area contributed by atoms with E-state index in [1.165, 1.54) is 38.2 Å². The summed E-state index contributed by atoms with van der Waals surface area (Å²) >= 11 is 0. The van der Waals surface area contributed by atoms with Gasteiger partial charge < -0.3 is 4.74 Å². The lowest BCUT2D eigenvalue weighted by Crippen LogP contribution is -1.97. The van der Waals surface area contributed by atoms with Crippen LogP contribution in [0.5, 0.6) is 5.75 Å². The van der Waals surface area contributed by atoms with E-state index in [0.29, 0.717) is 5.56 Å². The van der Waals surface area contributed by atoms with E-state index in [0.717, 1.165) is 36.5 Å². The minimum atomic E-state index is -0.884. The fourth-order valence-electron chi connectivity index (χ4n) is 2.43. The molecule has 25 heavy (non-hydrogen) atoms. The summed E-state index contributed by atoms with van der Waals surface area (Å²) in [5.41, 5.74) is 1.25. The molecule has 0 heterocycles. The minimum absolute atomic E-state index is 0.447. The average molecular weight is 342 g/mol. The van der Waals surface area contributed by atoms with Crippen LogP contribution in [-0.2, 0) is 0 Å². The van der Waals surface area contributed by atoms with Gasteiger partial charge in [0.2, 0.25) is 0 Å². The van der Waals surface area contributed by atoms with Crippen LogP contribution in [0.3, 0.4) is 0 Å². The van der Waals surface area contributed by atoms with E-state index in [4.69, 9.17) is 4.74 Å². The maximum atomic E-state index is 13.1. The summed E-state index contributed by atoms with van der Waals surface area (Å²) in [4.78, 5) is 0. The highest BCUT2D eigenvalue weighted by atomic mass is 19.2. The standard InChI is InChI=1S/C22H24F2O/c1-2-3-4-5-6-7-16-25-20-13-10-18(11-14-20)8-9-19-12-15-21(23)22(24)17-19/h10-15,17H,2-7,16H2,1H3. The Kier molecular flexibility index (Phi) is 7.98. The molecule has 0 N–H and O–H groups in total. The molecule has 0 aliphatic carbocycles. The van der Waals surface area contributed by atoms with E-state index in [1.54, 1.807) is 0 Å². The molecule has 0 aromatic heterocycles. The van der Waals surface area contributed by atoms with E-state index in [1.807, 2.05) is 24.3 Å². The Balaban J connectivity index is 1.78. The normalized spacial score (nSPS) is 10.2. The molecule has 1 nitrogen and oxygen atoms in total. The molecule has 0 unspecified atom stereocenters. The van der Waals surface area contributed by atoms with E-state index < -0.39 is 11.6 Å². The van der Waals surface area contributed by atoms with Crippen LogP contribution in [0.15, 0.2) is 42.5 Å². The Morgan fingerprint density at radius 3 is 2.12 bits per heavy atom. The monoisotopic (exact) mass is 342 g/mol. The lowest BCUT2D eigenvalue weighted by molar-refractivity contribution is 0.304. The van der Waals surface area contributed by atoms with E-state index in [-0.39, 0.29) is 0 Å². The molecular weight excluding hydrogens is 318 g/mol. The van der Waals surface area contributed by atoms with E-state index in [9.17, 15) is 8.78 Å². The average Bonchev–Trinajstić information content (AvgIpc) is 2.63. The van der Waals surface area contributed by atoms with Crippen LogP contribution in [0, 0.1) is 23.5 Å². The van der Waals surface area contributed by atoms with Gasteiger partial charge in [-0.15, -0.1) is 0 Å². The van der Waals surface area contributed by atoms with Crippen molar-refractivity contribution in [3.05, 3.63) is 65.2 Å². The fraction of sp³-hybridized carbons (Fsp3) is 0.364. The first kappa shape index (κ1) is 19.0. The first-order valence-electron chi connectivity index (χ1n) is 8.89. The first-order chi connectivity index (χ1) is 12.2. The van der Waals surface area contributed by atoms with Gasteiger partial charge >= 0.3 is 0 Å². The molecule has 0 saturated heterocycles. The third-order valence-corrected chi connectivity index (χ3v) is 3.89. The highest BCUT2D eigenvalue weighted by Gasteiger charge is 2.00. The Bertz CT molecular complexity index is 711. The molecule has 2 aromatic carbocycles. The fourth-order valence-corrected chi connectivity index (χ4v) is 2.43. The molecule has 0 atom stereocenters. The number of hydrogen-bond acceptors (Lipinski definition) is 1. The second-order valence-electron chi connectivity index (χ2n) is 6.02. The lowest BCUT2D eigenvalue weighted by atomic mass is 10.1. The molecule has 0 radical (unpaired) electrons. The molecule has 0 fully saturated rings. The van der Waals surface area contributed by atoms with Crippen molar-refractivity contribution < 1.29 is 13.5 Å². The van der Waals surface area contributed by atoms with Crippen LogP contribution < -0.4 is 4.74 Å². The third-order valence-electron chi connectivity index (χ3n) is 3.89. The van der Waals surface area contributed by atoms with Crippen molar-refractivity contribution >= 4 is 0 Å². The van der Waals surface area contributed by atoms with E-state index >= 15 is 0 Å². The number of hydrogen-bond donors (Lipinski definition) is 0. The number of halogens is 2. The Morgan fingerprint density at radius 1 is 0.760 bits per heavy atom. The third kappa shape index (κ3) is 6.97. The molecule has 0 aliphatic heterocycles. The molecule has 0 aliphatic rings. The molecule has 0 bridgehead atoms. The number of unbranched alkanes of at least 4 members (excludes halogenated alkanes) is 5. The molecule has 2 aromatic rings. The van der Waals surface area contributed by atoms with Crippen LogP contribution >= 0.6 is 0 Å². The van der Waals surface area contributed by atoms with Crippen molar-refractivity contribution in [2.75, 3.05) is 6.61 Å². The lowest BCUT2D eigenvalue weighted by Gasteiger charge is -2.06. The molecular formula is C22H24F2O. The van der Waals surface area contributed by atoms with Crippen molar-refractivity contribution in [3.63, 3.8) is 0 Å². The summed E-state index contributed by atoms with van der Waals surface area (Å²) in [6.45, 7) is 2.95. The summed E-state index contributed by atoms with van der Waals surface area (Å²) < 4.78 is 31.7. The zero-order chi connectivity index (χ0) is 17.9. The summed E-state index contributed by atoms with van der Waals surface area (Å²) in [7, 11) is 0. The van der Waals surface area contributed by atoms with Crippen molar-refractivity contribution in [3.8, 4) is 17.6 Å². The second-order valence-corrected chi connectivity index (χ2v) is 6.02. The van der Waals surface area contributed by atoms with Crippen LogP contribution in [0.25, 0.3) is 0 Å². The van der Waals surface area contributed by atoms with Gasteiger partial charge in [0.1, 0.15) is 5.75 Å². The van der Waals surface area contributed by atoms with Crippen LogP contribution in [0.1, 0.15) is 56.6 Å². The largest absolute Gasteiger partial charge is 0.494 e. The van der Waals surface area contributed by atoms with E-state index in [2.05, 4.69) is 18.8 Å². The van der Waals surface area contributed by atoms with Crippen molar-refractivity contribution in [1.82, 2.24) is 0 Å². The summed E-state index contributed by atoms with van der Waals surface area (Å²) in [6.07, 6.45) is 7.44. The van der Waals surface area contributed by atoms with Gasteiger partial charge in [0.05, 0.1) is 6.61 Å². The number of rotatable bonds is 8. The highest BCUT2D eigenvalue weighted by molar-refractivity contribution is 5.44. The van der Waals surface area contributed by atoms with Crippen molar-refractivity contribution in [2.24, 2.45) is 0 Å². The quantitative estimate of drug-likeness (QED) is 0.416. The van der Waals surface area contributed by atoms with Gasteiger partial charge in [0.15, 0.2) is 11.6 Å². The van der Waals surface area contributed by atoms with Crippen molar-refractivity contribution in [1.29, 1.82) is 0 Å².